The molecule has 1 aliphatic carbocycles. The lowest BCUT2D eigenvalue weighted by atomic mass is 10.00. The first-order chi connectivity index (χ1) is 11.6. The highest BCUT2D eigenvalue weighted by atomic mass is 32.2. The molecule has 2 heterocycles. The van der Waals surface area contributed by atoms with Crippen LogP contribution < -0.4 is 0 Å². The minimum Gasteiger partial charge on any atom is -0.376 e. The molecule has 0 amide bonds. The van der Waals surface area contributed by atoms with Crippen molar-refractivity contribution in [2.75, 3.05) is 0 Å². The van der Waals surface area contributed by atoms with Gasteiger partial charge in [0.05, 0.1) is 29.6 Å². The molecule has 2 aliphatic rings. The molecule has 3 rings (SSSR count). The van der Waals surface area contributed by atoms with E-state index in [1.807, 2.05) is 0 Å². The average Bonchev–Trinajstić information content (AvgIpc) is 3.11. The molecule has 0 radical (unpaired) electrons. The van der Waals surface area contributed by atoms with Crippen LogP contribution in [0.1, 0.15) is 5.56 Å². The highest BCUT2D eigenvalue weighted by Crippen LogP contribution is 2.36. The third-order valence-corrected chi connectivity index (χ3v) is 4.41. The van der Waals surface area contributed by atoms with Crippen LogP contribution in [0.25, 0.3) is 0 Å². The molecular weight excluding hydrogens is 361 g/mol. The Morgan fingerprint density at radius 3 is 2.68 bits per heavy atom. The summed E-state index contributed by atoms with van der Waals surface area (Å²) in [6.45, 7) is 0. The van der Waals surface area contributed by atoms with Gasteiger partial charge in [-0.15, -0.1) is 0 Å². The van der Waals surface area contributed by atoms with Crippen molar-refractivity contribution in [3.63, 3.8) is 0 Å². The average molecular weight is 370 g/mol. The highest BCUT2D eigenvalue weighted by molar-refractivity contribution is 7.87. The van der Waals surface area contributed by atoms with E-state index in [1.165, 1.54) is 23.0 Å². The molecule has 0 saturated carbocycles. The number of fused-ring (bicyclic) bond motifs is 1. The summed E-state index contributed by atoms with van der Waals surface area (Å²) in [4.78, 5) is 4.30. The summed E-state index contributed by atoms with van der Waals surface area (Å²) in [6.07, 6.45) is 6.86. The number of hydrogen-bond acceptors (Lipinski definition) is 6. The maximum atomic E-state index is 12.7. The first-order valence-corrected chi connectivity index (χ1v) is 8.15. The van der Waals surface area contributed by atoms with Gasteiger partial charge in [0.1, 0.15) is 0 Å². The van der Waals surface area contributed by atoms with Crippen molar-refractivity contribution in [3.8, 4) is 6.07 Å². The van der Waals surface area contributed by atoms with E-state index in [0.717, 1.165) is 6.08 Å². The Balaban J connectivity index is 2.10. The van der Waals surface area contributed by atoms with E-state index in [1.54, 1.807) is 19.3 Å². The van der Waals surface area contributed by atoms with E-state index >= 15 is 0 Å². The van der Waals surface area contributed by atoms with Crippen molar-refractivity contribution >= 4 is 15.8 Å². The van der Waals surface area contributed by atoms with Gasteiger partial charge in [-0.05, 0) is 6.08 Å². The Kier molecular flexibility index (Phi) is 3.80. The second kappa shape index (κ2) is 5.59. The molecule has 130 valence electrons. The summed E-state index contributed by atoms with van der Waals surface area (Å²) in [5.41, 5.74) is -4.97. The van der Waals surface area contributed by atoms with E-state index in [-0.39, 0.29) is 16.9 Å². The standard InChI is InChI=1S/C14H9F3N4O3S/c1-21-7-9(6-19-21)11-4-12(24-25(22,23)14(15,16)17)13-8(5-18)2-3-10(13)20-11/h2-4,6-7,10H,1H3. The van der Waals surface area contributed by atoms with Gasteiger partial charge in [-0.25, -0.2) is 0 Å². The van der Waals surface area contributed by atoms with Crippen LogP contribution in [0.4, 0.5) is 13.2 Å². The predicted molar refractivity (Wildman–Crippen MR) is 79.5 cm³/mol. The predicted octanol–water partition coefficient (Wildman–Crippen LogP) is 1.73. The third-order valence-electron chi connectivity index (χ3n) is 3.45. The SMILES string of the molecule is Cn1cc(C2=NC3C=CC(C#N)=C3C(OS(=O)(=O)C(F)(F)F)=C2)cn1. The number of hydrogen-bond donors (Lipinski definition) is 0. The van der Waals surface area contributed by atoms with E-state index in [2.05, 4.69) is 14.3 Å². The Bertz CT molecular complexity index is 1010. The van der Waals surface area contributed by atoms with Crippen molar-refractivity contribution in [1.82, 2.24) is 9.78 Å². The molecule has 7 nitrogen and oxygen atoms in total. The summed E-state index contributed by atoms with van der Waals surface area (Å²) >= 11 is 0. The lowest BCUT2D eigenvalue weighted by Gasteiger charge is -2.21. The fourth-order valence-corrected chi connectivity index (χ4v) is 2.82. The molecule has 11 heteroatoms. The molecule has 1 aromatic rings. The fraction of sp³-hybridized carbons (Fsp3) is 0.214. The first-order valence-electron chi connectivity index (χ1n) is 6.74. The first kappa shape index (κ1) is 17.0. The van der Waals surface area contributed by atoms with E-state index in [4.69, 9.17) is 5.26 Å². The van der Waals surface area contributed by atoms with E-state index in [9.17, 15) is 21.6 Å². The maximum absolute atomic E-state index is 12.7. The molecule has 1 unspecified atom stereocenters. The summed E-state index contributed by atoms with van der Waals surface area (Å²) in [5, 5.41) is 13.0. The number of halogens is 3. The zero-order chi connectivity index (χ0) is 18.4. The van der Waals surface area contributed by atoms with Crippen LogP contribution in [0.2, 0.25) is 0 Å². The van der Waals surface area contributed by atoms with Gasteiger partial charge in [0.25, 0.3) is 0 Å². The number of allylic oxidation sites excluding steroid dienone is 3. The minimum atomic E-state index is -5.88. The second-order valence-corrected chi connectivity index (χ2v) is 6.69. The van der Waals surface area contributed by atoms with Crippen LogP contribution in [-0.2, 0) is 21.3 Å². The Labute approximate surface area is 140 Å². The summed E-state index contributed by atoms with van der Waals surface area (Å²) < 4.78 is 66.5. The molecule has 1 aromatic heterocycles. The Hall–Kier alpha value is -2.87. The lowest BCUT2D eigenvalue weighted by Crippen LogP contribution is -2.28. The van der Waals surface area contributed by atoms with Crippen LogP contribution >= 0.6 is 0 Å². The van der Waals surface area contributed by atoms with Crippen LogP contribution in [0, 0.1) is 11.3 Å². The largest absolute Gasteiger partial charge is 0.534 e. The quantitative estimate of drug-likeness (QED) is 0.596. The fourth-order valence-electron chi connectivity index (χ4n) is 2.35. The number of dihydropyridines is 1. The second-order valence-electron chi connectivity index (χ2n) is 5.15. The van der Waals surface area contributed by atoms with E-state index < -0.39 is 27.4 Å². The van der Waals surface area contributed by atoms with Gasteiger partial charge in [-0.2, -0.15) is 31.9 Å². The number of aliphatic imine (C=N–C) groups is 1. The summed E-state index contributed by atoms with van der Waals surface area (Å²) in [7, 11) is -4.25. The Morgan fingerprint density at radius 2 is 2.12 bits per heavy atom. The van der Waals surface area contributed by atoms with Crippen LogP contribution in [0.15, 0.2) is 52.5 Å². The molecule has 0 fully saturated rings. The monoisotopic (exact) mass is 370 g/mol. The number of aryl methyl sites for hydroxylation is 1. The van der Waals surface area contributed by atoms with Crippen LogP contribution in [0.5, 0.6) is 0 Å². The third kappa shape index (κ3) is 2.96. The minimum absolute atomic E-state index is 0.0115. The van der Waals surface area contributed by atoms with Crippen molar-refractivity contribution in [2.24, 2.45) is 12.0 Å². The molecular formula is C14H9F3N4O3S. The van der Waals surface area contributed by atoms with Crippen molar-refractivity contribution in [3.05, 3.63) is 53.1 Å². The topological polar surface area (TPSA) is 97.3 Å². The number of rotatable bonds is 3. The van der Waals surface area contributed by atoms with Gasteiger partial charge in [0.15, 0.2) is 5.76 Å². The number of nitriles is 1. The van der Waals surface area contributed by atoms with Gasteiger partial charge in [-0.1, -0.05) is 6.08 Å². The van der Waals surface area contributed by atoms with Gasteiger partial charge in [0, 0.05) is 30.5 Å². The number of nitrogens with zero attached hydrogens (tertiary/aromatic N) is 4. The molecule has 0 spiro atoms. The van der Waals surface area contributed by atoms with Crippen molar-refractivity contribution < 1.29 is 25.8 Å². The normalized spacial score (nSPS) is 20.0. The van der Waals surface area contributed by atoms with Crippen molar-refractivity contribution in [2.45, 2.75) is 11.6 Å². The summed E-state index contributed by atoms with van der Waals surface area (Å²) in [5.74, 6) is -0.585. The molecule has 0 N–H and O–H groups in total. The van der Waals surface area contributed by atoms with Crippen LogP contribution in [-0.4, -0.2) is 35.5 Å². The summed E-state index contributed by atoms with van der Waals surface area (Å²) in [6, 6.07) is 0.975. The van der Waals surface area contributed by atoms with Gasteiger partial charge < -0.3 is 4.18 Å². The molecule has 25 heavy (non-hydrogen) atoms. The van der Waals surface area contributed by atoms with Crippen molar-refractivity contribution in [1.29, 1.82) is 5.26 Å². The number of aromatic nitrogens is 2. The van der Waals surface area contributed by atoms with E-state index in [0.29, 0.717) is 5.56 Å². The number of alkyl halides is 3. The highest BCUT2D eigenvalue weighted by Gasteiger charge is 2.49. The molecule has 1 aliphatic heterocycles. The van der Waals surface area contributed by atoms with Gasteiger partial charge in [0.2, 0.25) is 0 Å². The zero-order valence-electron chi connectivity index (χ0n) is 12.5. The van der Waals surface area contributed by atoms with Gasteiger partial charge >= 0.3 is 15.6 Å². The lowest BCUT2D eigenvalue weighted by molar-refractivity contribution is -0.0520. The molecule has 0 aromatic carbocycles. The molecule has 1 atom stereocenters. The zero-order valence-corrected chi connectivity index (χ0v) is 13.3. The molecule has 0 bridgehead atoms. The smallest absolute Gasteiger partial charge is 0.376 e. The van der Waals surface area contributed by atoms with Crippen LogP contribution in [0.3, 0.4) is 0 Å². The van der Waals surface area contributed by atoms with Gasteiger partial charge in [-0.3, -0.25) is 9.67 Å². The maximum Gasteiger partial charge on any atom is 0.534 e. The Morgan fingerprint density at radius 1 is 1.40 bits per heavy atom. The molecule has 0 saturated heterocycles.